The predicted octanol–water partition coefficient (Wildman–Crippen LogP) is -0.184. The molecule has 1 N–H and O–H groups in total. The SMILES string of the molecule is Cc1ccc2c(c1CCN1CCNCC1)=NC(=O)N=2. The predicted molar refractivity (Wildman–Crippen MR) is 71.9 cm³/mol. The Morgan fingerprint density at radius 2 is 2.05 bits per heavy atom. The lowest BCUT2D eigenvalue weighted by atomic mass is 10.0. The van der Waals surface area contributed by atoms with E-state index in [1.54, 1.807) is 0 Å². The molecule has 2 aliphatic heterocycles. The van der Waals surface area contributed by atoms with Crippen molar-refractivity contribution in [2.24, 2.45) is 9.98 Å². The van der Waals surface area contributed by atoms with Gasteiger partial charge >= 0.3 is 6.03 Å². The second-order valence-electron chi connectivity index (χ2n) is 5.08. The standard InChI is InChI=1S/C14H18N4O/c1-10-2-3-12-13(17-14(19)16-12)11(10)4-7-18-8-5-15-6-9-18/h2-3,15H,4-9H2,1H3. The largest absolute Gasteiger partial charge is 0.368 e. The summed E-state index contributed by atoms with van der Waals surface area (Å²) in [4.78, 5) is 21.7. The van der Waals surface area contributed by atoms with E-state index in [1.807, 2.05) is 12.1 Å². The maximum atomic E-state index is 11.3. The van der Waals surface area contributed by atoms with Gasteiger partial charge in [-0.2, -0.15) is 9.98 Å². The van der Waals surface area contributed by atoms with Crippen molar-refractivity contribution in [1.29, 1.82) is 0 Å². The van der Waals surface area contributed by atoms with Crippen LogP contribution < -0.4 is 16.0 Å². The molecule has 2 heterocycles. The van der Waals surface area contributed by atoms with Gasteiger partial charge in [0, 0.05) is 32.7 Å². The summed E-state index contributed by atoms with van der Waals surface area (Å²) >= 11 is 0. The fourth-order valence-electron chi connectivity index (χ4n) is 2.68. The summed E-state index contributed by atoms with van der Waals surface area (Å²) < 4.78 is 0. The second kappa shape index (κ2) is 5.19. The number of hydrogen-bond acceptors (Lipinski definition) is 3. The minimum absolute atomic E-state index is 0.371. The third-order valence-corrected chi connectivity index (χ3v) is 3.81. The van der Waals surface area contributed by atoms with E-state index in [-0.39, 0.29) is 6.03 Å². The van der Waals surface area contributed by atoms with Crippen LogP contribution in [0, 0.1) is 6.92 Å². The highest BCUT2D eigenvalue weighted by Crippen LogP contribution is 2.04. The second-order valence-corrected chi connectivity index (χ2v) is 5.08. The zero-order valence-corrected chi connectivity index (χ0v) is 11.1. The molecule has 0 aromatic heterocycles. The van der Waals surface area contributed by atoms with Crippen LogP contribution in [0.25, 0.3) is 0 Å². The Morgan fingerprint density at radius 1 is 1.26 bits per heavy atom. The van der Waals surface area contributed by atoms with Crippen LogP contribution in [0.1, 0.15) is 11.1 Å². The fourth-order valence-corrected chi connectivity index (χ4v) is 2.68. The number of benzene rings is 1. The maximum Gasteiger partial charge on any atom is 0.368 e. The molecule has 100 valence electrons. The zero-order chi connectivity index (χ0) is 13.2. The molecule has 0 radical (unpaired) electrons. The molecule has 0 aliphatic carbocycles. The molecule has 1 aromatic carbocycles. The fraction of sp³-hybridized carbons (Fsp3) is 0.500. The molecule has 1 fully saturated rings. The lowest BCUT2D eigenvalue weighted by Crippen LogP contribution is -2.44. The lowest BCUT2D eigenvalue weighted by Gasteiger charge is -2.27. The molecule has 0 unspecified atom stereocenters. The molecule has 3 rings (SSSR count). The smallest absolute Gasteiger partial charge is 0.314 e. The summed E-state index contributed by atoms with van der Waals surface area (Å²) in [6.07, 6.45) is 0.932. The van der Waals surface area contributed by atoms with Crippen LogP contribution in [0.3, 0.4) is 0 Å². The van der Waals surface area contributed by atoms with Crippen molar-refractivity contribution in [2.45, 2.75) is 13.3 Å². The van der Waals surface area contributed by atoms with E-state index in [0.717, 1.165) is 49.9 Å². The molecule has 5 nitrogen and oxygen atoms in total. The van der Waals surface area contributed by atoms with E-state index in [2.05, 4.69) is 27.1 Å². The number of carbonyl (C=O) groups is 1. The summed E-state index contributed by atoms with van der Waals surface area (Å²) in [5.41, 5.74) is 2.37. The molecule has 5 heteroatoms. The highest BCUT2D eigenvalue weighted by Gasteiger charge is 2.14. The quantitative estimate of drug-likeness (QED) is 0.818. The number of nitrogens with zero attached hydrogens (tertiary/aromatic N) is 3. The van der Waals surface area contributed by atoms with Gasteiger partial charge in [-0.05, 0) is 30.5 Å². The van der Waals surface area contributed by atoms with Gasteiger partial charge < -0.3 is 10.2 Å². The van der Waals surface area contributed by atoms with Gasteiger partial charge in [0.15, 0.2) is 0 Å². The molecule has 1 aromatic rings. The third-order valence-electron chi connectivity index (χ3n) is 3.81. The van der Waals surface area contributed by atoms with Crippen molar-refractivity contribution in [2.75, 3.05) is 32.7 Å². The van der Waals surface area contributed by atoms with Crippen molar-refractivity contribution >= 4 is 6.03 Å². The van der Waals surface area contributed by atoms with Crippen LogP contribution in [0.2, 0.25) is 0 Å². The van der Waals surface area contributed by atoms with Crippen LogP contribution in [-0.2, 0) is 6.42 Å². The van der Waals surface area contributed by atoms with Gasteiger partial charge in [-0.15, -0.1) is 0 Å². The van der Waals surface area contributed by atoms with Crippen LogP contribution in [-0.4, -0.2) is 43.7 Å². The van der Waals surface area contributed by atoms with E-state index in [4.69, 9.17) is 0 Å². The van der Waals surface area contributed by atoms with E-state index in [1.165, 1.54) is 11.1 Å². The van der Waals surface area contributed by atoms with Gasteiger partial charge in [-0.1, -0.05) is 6.07 Å². The van der Waals surface area contributed by atoms with Gasteiger partial charge in [0.25, 0.3) is 0 Å². The molecular weight excluding hydrogens is 240 g/mol. The first kappa shape index (κ1) is 12.4. The summed E-state index contributed by atoms with van der Waals surface area (Å²) in [7, 11) is 0. The number of aryl methyl sites for hydroxylation is 1. The Morgan fingerprint density at radius 3 is 2.84 bits per heavy atom. The van der Waals surface area contributed by atoms with Gasteiger partial charge in [0.05, 0.1) is 10.7 Å². The number of carbonyl (C=O) groups excluding carboxylic acids is 1. The number of fused-ring (bicyclic) bond motifs is 1. The molecule has 0 spiro atoms. The number of nitrogens with one attached hydrogen (secondary N) is 1. The van der Waals surface area contributed by atoms with Gasteiger partial charge in [0.1, 0.15) is 0 Å². The Hall–Kier alpha value is -1.59. The van der Waals surface area contributed by atoms with Gasteiger partial charge in [0.2, 0.25) is 0 Å². The topological polar surface area (TPSA) is 57.1 Å². The Balaban J connectivity index is 1.82. The number of piperazine rings is 1. The van der Waals surface area contributed by atoms with Crippen LogP contribution in [0.15, 0.2) is 22.1 Å². The van der Waals surface area contributed by atoms with Gasteiger partial charge in [-0.25, -0.2) is 4.79 Å². The summed E-state index contributed by atoms with van der Waals surface area (Å²) in [5, 5.41) is 4.87. The molecule has 0 saturated carbocycles. The lowest BCUT2D eigenvalue weighted by molar-refractivity contribution is 0.243. The number of amides is 2. The molecule has 1 saturated heterocycles. The highest BCUT2D eigenvalue weighted by molar-refractivity contribution is 5.77. The summed E-state index contributed by atoms with van der Waals surface area (Å²) in [6.45, 7) is 7.39. The van der Waals surface area contributed by atoms with Crippen molar-refractivity contribution < 1.29 is 4.79 Å². The summed E-state index contributed by atoms with van der Waals surface area (Å²) in [5.74, 6) is 0. The minimum Gasteiger partial charge on any atom is -0.314 e. The van der Waals surface area contributed by atoms with Crippen LogP contribution in [0.4, 0.5) is 4.79 Å². The molecule has 2 aliphatic rings. The van der Waals surface area contributed by atoms with E-state index >= 15 is 0 Å². The Bertz CT molecular complexity index is 617. The van der Waals surface area contributed by atoms with Crippen molar-refractivity contribution in [3.63, 3.8) is 0 Å². The van der Waals surface area contributed by atoms with Crippen LogP contribution in [0.5, 0.6) is 0 Å². The highest BCUT2D eigenvalue weighted by atomic mass is 16.2. The number of hydrogen-bond donors (Lipinski definition) is 1. The molecular formula is C14H18N4O. The number of urea groups is 1. The van der Waals surface area contributed by atoms with Crippen molar-refractivity contribution in [3.05, 3.63) is 34.0 Å². The summed E-state index contributed by atoms with van der Waals surface area (Å²) in [6, 6.07) is 3.54. The average Bonchev–Trinajstić information content (AvgIpc) is 2.79. The minimum atomic E-state index is -0.371. The first-order chi connectivity index (χ1) is 9.24. The van der Waals surface area contributed by atoms with E-state index in [9.17, 15) is 4.79 Å². The monoisotopic (exact) mass is 258 g/mol. The number of rotatable bonds is 3. The van der Waals surface area contributed by atoms with Gasteiger partial charge in [-0.3, -0.25) is 0 Å². The van der Waals surface area contributed by atoms with E-state index < -0.39 is 0 Å². The van der Waals surface area contributed by atoms with Crippen LogP contribution >= 0.6 is 0 Å². The first-order valence-corrected chi connectivity index (χ1v) is 6.77. The average molecular weight is 258 g/mol. The van der Waals surface area contributed by atoms with Crippen molar-refractivity contribution in [1.82, 2.24) is 10.2 Å². The molecule has 2 amide bonds. The molecule has 0 bridgehead atoms. The first-order valence-electron chi connectivity index (χ1n) is 6.77. The maximum absolute atomic E-state index is 11.3. The van der Waals surface area contributed by atoms with Crippen molar-refractivity contribution in [3.8, 4) is 0 Å². The molecule has 19 heavy (non-hydrogen) atoms. The Labute approximate surface area is 112 Å². The Kier molecular flexibility index (Phi) is 3.40. The molecule has 0 atom stereocenters. The third kappa shape index (κ3) is 2.57. The normalized spacial score (nSPS) is 18.9. The zero-order valence-electron chi connectivity index (χ0n) is 11.1. The van der Waals surface area contributed by atoms with E-state index in [0.29, 0.717) is 0 Å².